The number of oxime groups is 1. The van der Waals surface area contributed by atoms with Crippen molar-refractivity contribution >= 4 is 29.4 Å². The predicted octanol–water partition coefficient (Wildman–Crippen LogP) is 2.24. The molecular formula is C13H12ClNO4. The molecule has 19 heavy (non-hydrogen) atoms. The van der Waals surface area contributed by atoms with Crippen molar-refractivity contribution < 1.29 is 19.1 Å². The maximum atomic E-state index is 11.6. The highest BCUT2D eigenvalue weighted by atomic mass is 35.5. The third-order valence-electron chi connectivity index (χ3n) is 2.63. The predicted molar refractivity (Wildman–Crippen MR) is 71.8 cm³/mol. The lowest BCUT2D eigenvalue weighted by molar-refractivity contribution is -0.136. The van der Waals surface area contributed by atoms with Gasteiger partial charge in [-0.3, -0.25) is 0 Å². The van der Waals surface area contributed by atoms with Gasteiger partial charge >= 0.3 is 5.97 Å². The molecule has 0 saturated carbocycles. The van der Waals surface area contributed by atoms with Gasteiger partial charge in [-0.2, -0.15) is 0 Å². The van der Waals surface area contributed by atoms with Crippen LogP contribution in [0.1, 0.15) is 5.56 Å². The Morgan fingerprint density at radius 3 is 2.79 bits per heavy atom. The molecule has 0 fully saturated rings. The zero-order chi connectivity index (χ0) is 13.8. The normalized spacial score (nSPS) is 16.3. The van der Waals surface area contributed by atoms with Crippen molar-refractivity contribution in [3.8, 4) is 11.5 Å². The number of methoxy groups -OCH3 is 2. The fraction of sp³-hybridized carbons (Fsp3) is 0.231. The summed E-state index contributed by atoms with van der Waals surface area (Å²) in [4.78, 5) is 16.2. The molecular weight excluding hydrogens is 270 g/mol. The number of nitrogens with zero attached hydrogens (tertiary/aromatic N) is 1. The lowest BCUT2D eigenvalue weighted by Crippen LogP contribution is -2.06. The van der Waals surface area contributed by atoms with E-state index < -0.39 is 5.97 Å². The van der Waals surface area contributed by atoms with E-state index in [0.717, 1.165) is 0 Å². The molecule has 0 saturated heterocycles. The second kappa shape index (κ2) is 5.75. The van der Waals surface area contributed by atoms with Gasteiger partial charge in [0.2, 0.25) is 0 Å². The summed E-state index contributed by atoms with van der Waals surface area (Å²) in [5, 5.41) is 3.61. The number of rotatable bonds is 4. The number of alkyl halides is 1. The summed E-state index contributed by atoms with van der Waals surface area (Å²) in [6.45, 7) is 0. The van der Waals surface area contributed by atoms with Gasteiger partial charge in [0, 0.05) is 5.56 Å². The molecule has 100 valence electrons. The van der Waals surface area contributed by atoms with E-state index in [-0.39, 0.29) is 5.88 Å². The first-order valence-electron chi connectivity index (χ1n) is 5.48. The van der Waals surface area contributed by atoms with Gasteiger partial charge in [-0.1, -0.05) is 5.16 Å². The second-order valence-electron chi connectivity index (χ2n) is 3.72. The molecule has 0 unspecified atom stereocenters. The van der Waals surface area contributed by atoms with Crippen molar-refractivity contribution in [2.45, 2.75) is 0 Å². The molecule has 0 amide bonds. The summed E-state index contributed by atoms with van der Waals surface area (Å²) in [5.41, 5.74) is 1.41. The van der Waals surface area contributed by atoms with Crippen LogP contribution in [0.5, 0.6) is 11.5 Å². The third-order valence-corrected chi connectivity index (χ3v) is 2.89. The lowest BCUT2D eigenvalue weighted by atomic mass is 10.1. The van der Waals surface area contributed by atoms with Crippen LogP contribution in [0.4, 0.5) is 0 Å². The molecule has 0 N–H and O–H groups in total. The summed E-state index contributed by atoms with van der Waals surface area (Å²) >= 11 is 5.71. The second-order valence-corrected chi connectivity index (χ2v) is 3.98. The Kier molecular flexibility index (Phi) is 4.06. The van der Waals surface area contributed by atoms with Crippen LogP contribution in [0, 0.1) is 0 Å². The first-order chi connectivity index (χ1) is 9.19. The Hall–Kier alpha value is -2.01. The molecule has 1 aliphatic rings. The molecule has 1 aromatic rings. The van der Waals surface area contributed by atoms with Crippen LogP contribution < -0.4 is 9.47 Å². The Morgan fingerprint density at radius 1 is 1.37 bits per heavy atom. The smallest absolute Gasteiger partial charge is 0.367 e. The largest absolute Gasteiger partial charge is 0.497 e. The molecule has 0 radical (unpaired) electrons. The van der Waals surface area contributed by atoms with E-state index in [1.165, 1.54) is 0 Å². The molecule has 1 aliphatic heterocycles. The minimum Gasteiger partial charge on any atom is -0.497 e. The first-order valence-corrected chi connectivity index (χ1v) is 6.01. The van der Waals surface area contributed by atoms with Crippen LogP contribution in [0.15, 0.2) is 28.9 Å². The highest BCUT2D eigenvalue weighted by molar-refractivity contribution is 6.38. The van der Waals surface area contributed by atoms with Gasteiger partial charge in [0.25, 0.3) is 0 Å². The molecule has 0 aromatic heterocycles. The molecule has 1 aromatic carbocycles. The molecule has 5 nitrogen and oxygen atoms in total. The fourth-order valence-electron chi connectivity index (χ4n) is 1.66. The van der Waals surface area contributed by atoms with Crippen molar-refractivity contribution in [3.05, 3.63) is 29.3 Å². The van der Waals surface area contributed by atoms with Gasteiger partial charge in [0.05, 0.1) is 25.7 Å². The van der Waals surface area contributed by atoms with Crippen LogP contribution in [0.25, 0.3) is 6.08 Å². The van der Waals surface area contributed by atoms with Gasteiger partial charge in [0.15, 0.2) is 0 Å². The summed E-state index contributed by atoms with van der Waals surface area (Å²) in [5.74, 6) is 0.843. The number of benzene rings is 1. The molecule has 0 aliphatic carbocycles. The Balaban J connectivity index is 2.46. The summed E-state index contributed by atoms with van der Waals surface area (Å²) in [7, 11) is 3.11. The molecule has 0 spiro atoms. The van der Waals surface area contributed by atoms with E-state index in [1.807, 2.05) is 0 Å². The van der Waals surface area contributed by atoms with Crippen molar-refractivity contribution in [1.82, 2.24) is 0 Å². The Labute approximate surface area is 115 Å². The Morgan fingerprint density at radius 2 is 2.16 bits per heavy atom. The Bertz CT molecular complexity index is 566. The number of carbonyl (C=O) groups excluding carboxylic acids is 1. The number of carbonyl (C=O) groups is 1. The number of ether oxygens (including phenoxy) is 2. The monoisotopic (exact) mass is 281 g/mol. The maximum absolute atomic E-state index is 11.6. The zero-order valence-electron chi connectivity index (χ0n) is 10.5. The molecule has 6 heteroatoms. The number of hydrogen-bond acceptors (Lipinski definition) is 5. The van der Waals surface area contributed by atoms with Gasteiger partial charge in [-0.25, -0.2) is 4.79 Å². The van der Waals surface area contributed by atoms with Crippen molar-refractivity contribution in [2.24, 2.45) is 5.16 Å². The van der Waals surface area contributed by atoms with Crippen molar-refractivity contribution in [1.29, 1.82) is 0 Å². The van der Waals surface area contributed by atoms with E-state index in [2.05, 4.69) is 9.99 Å². The van der Waals surface area contributed by atoms with Gasteiger partial charge < -0.3 is 14.3 Å². The van der Waals surface area contributed by atoms with E-state index in [1.54, 1.807) is 38.5 Å². The van der Waals surface area contributed by atoms with Crippen molar-refractivity contribution in [2.75, 3.05) is 20.1 Å². The first kappa shape index (κ1) is 13.4. The van der Waals surface area contributed by atoms with Gasteiger partial charge in [-0.15, -0.1) is 11.6 Å². The third kappa shape index (κ3) is 2.71. The van der Waals surface area contributed by atoms with Crippen LogP contribution >= 0.6 is 11.6 Å². The molecule has 0 atom stereocenters. The lowest BCUT2D eigenvalue weighted by Gasteiger charge is -2.07. The molecule has 1 heterocycles. The van der Waals surface area contributed by atoms with Crippen molar-refractivity contribution in [3.63, 3.8) is 0 Å². The zero-order valence-corrected chi connectivity index (χ0v) is 11.2. The highest BCUT2D eigenvalue weighted by Gasteiger charge is 2.25. The maximum Gasteiger partial charge on any atom is 0.367 e. The van der Waals surface area contributed by atoms with Crippen LogP contribution in [-0.2, 0) is 9.63 Å². The average Bonchev–Trinajstić information content (AvgIpc) is 2.79. The van der Waals surface area contributed by atoms with Crippen LogP contribution in [0.2, 0.25) is 0 Å². The topological polar surface area (TPSA) is 57.1 Å². The highest BCUT2D eigenvalue weighted by Crippen LogP contribution is 2.27. The SMILES string of the molecule is COc1ccc(OC)c(C=C2C(=O)ON=C2CCl)c1. The van der Waals surface area contributed by atoms with Gasteiger partial charge in [-0.05, 0) is 24.3 Å². The van der Waals surface area contributed by atoms with Crippen LogP contribution in [-0.4, -0.2) is 31.8 Å². The number of halogens is 1. The summed E-state index contributed by atoms with van der Waals surface area (Å²) in [6.07, 6.45) is 1.62. The number of hydrogen-bond donors (Lipinski definition) is 0. The standard InChI is InChI=1S/C13H12ClNO4/c1-17-9-3-4-12(18-2)8(5-9)6-10-11(7-14)15-19-13(10)16/h3-6H,7H2,1-2H3. The average molecular weight is 282 g/mol. The summed E-state index contributed by atoms with van der Waals surface area (Å²) in [6, 6.07) is 5.27. The van der Waals surface area contributed by atoms with Crippen LogP contribution in [0.3, 0.4) is 0 Å². The van der Waals surface area contributed by atoms with E-state index in [4.69, 9.17) is 21.1 Å². The molecule has 0 bridgehead atoms. The van der Waals surface area contributed by atoms with E-state index >= 15 is 0 Å². The minimum atomic E-state index is -0.527. The molecule has 2 rings (SSSR count). The summed E-state index contributed by atoms with van der Waals surface area (Å²) < 4.78 is 10.4. The minimum absolute atomic E-state index is 0.101. The van der Waals surface area contributed by atoms with E-state index in [0.29, 0.717) is 28.3 Å². The van der Waals surface area contributed by atoms with E-state index in [9.17, 15) is 4.79 Å². The van der Waals surface area contributed by atoms with Gasteiger partial charge in [0.1, 0.15) is 17.2 Å². The quantitative estimate of drug-likeness (QED) is 0.482. The fourth-order valence-corrected chi connectivity index (χ4v) is 1.85.